The summed E-state index contributed by atoms with van der Waals surface area (Å²) in [6.45, 7) is 14.4. The van der Waals surface area contributed by atoms with Gasteiger partial charge in [0.15, 0.2) is 5.96 Å². The lowest BCUT2D eigenvalue weighted by Gasteiger charge is -2.21. The molecule has 5 heteroatoms. The van der Waals surface area contributed by atoms with E-state index in [0.717, 1.165) is 32.0 Å². The van der Waals surface area contributed by atoms with E-state index in [0.29, 0.717) is 19.2 Å². The Kier molecular flexibility index (Phi) is 12.7. The monoisotopic (exact) mass is 286 g/mol. The number of hydrogen-bond acceptors (Lipinski definition) is 3. The van der Waals surface area contributed by atoms with Crippen molar-refractivity contribution < 1.29 is 4.74 Å². The van der Waals surface area contributed by atoms with Crippen LogP contribution in [0, 0.1) is 0 Å². The molecule has 2 N–H and O–H groups in total. The summed E-state index contributed by atoms with van der Waals surface area (Å²) in [4.78, 5) is 6.94. The molecule has 20 heavy (non-hydrogen) atoms. The van der Waals surface area contributed by atoms with Crippen LogP contribution in [0.25, 0.3) is 0 Å². The summed E-state index contributed by atoms with van der Waals surface area (Å²) >= 11 is 0. The maximum absolute atomic E-state index is 5.02. The number of nitrogens with zero attached hydrogens (tertiary/aromatic N) is 2. The van der Waals surface area contributed by atoms with E-state index in [4.69, 9.17) is 4.74 Å². The Morgan fingerprint density at radius 2 is 1.95 bits per heavy atom. The van der Waals surface area contributed by atoms with Crippen LogP contribution in [0.5, 0.6) is 0 Å². The second-order valence-corrected chi connectivity index (χ2v) is 4.97. The van der Waals surface area contributed by atoms with Gasteiger partial charge in [0.25, 0.3) is 0 Å². The van der Waals surface area contributed by atoms with Gasteiger partial charge in [-0.05, 0) is 46.3 Å². The van der Waals surface area contributed by atoms with Gasteiger partial charge < -0.3 is 20.3 Å². The zero-order valence-corrected chi connectivity index (χ0v) is 14.0. The van der Waals surface area contributed by atoms with Gasteiger partial charge in [0.05, 0.1) is 13.2 Å². The summed E-state index contributed by atoms with van der Waals surface area (Å²) in [7, 11) is 1.70. The van der Waals surface area contributed by atoms with Gasteiger partial charge in [-0.2, -0.15) is 0 Å². The second-order valence-electron chi connectivity index (χ2n) is 4.97. The fraction of sp³-hybridized carbons (Fsp3) is 0.933. The van der Waals surface area contributed by atoms with Crippen molar-refractivity contribution in [1.29, 1.82) is 0 Å². The molecule has 0 fully saturated rings. The molecule has 0 aromatic carbocycles. The van der Waals surface area contributed by atoms with E-state index in [1.165, 1.54) is 13.0 Å². The van der Waals surface area contributed by atoms with Crippen molar-refractivity contribution in [3.63, 3.8) is 0 Å². The van der Waals surface area contributed by atoms with E-state index >= 15 is 0 Å². The van der Waals surface area contributed by atoms with Crippen LogP contribution in [-0.4, -0.2) is 63.3 Å². The van der Waals surface area contributed by atoms with Crippen LogP contribution in [0.2, 0.25) is 0 Å². The summed E-state index contributed by atoms with van der Waals surface area (Å²) in [6.07, 6.45) is 2.37. The fourth-order valence-corrected chi connectivity index (χ4v) is 2.04. The van der Waals surface area contributed by atoms with Crippen LogP contribution < -0.4 is 10.6 Å². The van der Waals surface area contributed by atoms with Gasteiger partial charge in [-0.1, -0.05) is 13.8 Å². The van der Waals surface area contributed by atoms with Crippen LogP contribution in [0.3, 0.4) is 0 Å². The lowest BCUT2D eigenvalue weighted by Crippen LogP contribution is -2.42. The third-order valence-corrected chi connectivity index (χ3v) is 3.30. The molecule has 0 aromatic rings. The zero-order valence-electron chi connectivity index (χ0n) is 14.0. The van der Waals surface area contributed by atoms with E-state index in [9.17, 15) is 0 Å². The Hall–Kier alpha value is -0.810. The molecule has 0 aliphatic heterocycles. The van der Waals surface area contributed by atoms with Gasteiger partial charge in [-0.3, -0.25) is 4.99 Å². The van der Waals surface area contributed by atoms with Gasteiger partial charge in [0.1, 0.15) is 0 Å². The van der Waals surface area contributed by atoms with Crippen molar-refractivity contribution in [2.75, 3.05) is 46.4 Å². The summed E-state index contributed by atoms with van der Waals surface area (Å²) in [5.74, 6) is 0.889. The molecule has 0 saturated heterocycles. The maximum Gasteiger partial charge on any atom is 0.191 e. The molecule has 1 atom stereocenters. The average Bonchev–Trinajstić information content (AvgIpc) is 2.44. The van der Waals surface area contributed by atoms with Crippen molar-refractivity contribution in [2.24, 2.45) is 4.99 Å². The standard InChI is InChI=1S/C15H34N4O/c1-6-16-15(17-11-13-20-5)18-14(4)10-9-12-19(7-2)8-3/h14H,6-13H2,1-5H3,(H2,16,17,18). The molecule has 5 nitrogen and oxygen atoms in total. The van der Waals surface area contributed by atoms with Crippen molar-refractivity contribution in [2.45, 2.75) is 46.6 Å². The van der Waals surface area contributed by atoms with Crippen LogP contribution in [-0.2, 0) is 4.74 Å². The smallest absolute Gasteiger partial charge is 0.191 e. The Labute approximate surface area is 125 Å². The molecule has 0 rings (SSSR count). The zero-order chi connectivity index (χ0) is 15.2. The normalized spacial score (nSPS) is 13.6. The quantitative estimate of drug-likeness (QED) is 0.345. The number of aliphatic imine (C=N–C) groups is 1. The van der Waals surface area contributed by atoms with Gasteiger partial charge >= 0.3 is 0 Å². The lowest BCUT2D eigenvalue weighted by atomic mass is 10.2. The molecule has 1 unspecified atom stereocenters. The van der Waals surface area contributed by atoms with Crippen molar-refractivity contribution in [3.8, 4) is 0 Å². The van der Waals surface area contributed by atoms with E-state index in [2.05, 4.69) is 48.2 Å². The van der Waals surface area contributed by atoms with Gasteiger partial charge in [-0.15, -0.1) is 0 Å². The minimum atomic E-state index is 0.436. The highest BCUT2D eigenvalue weighted by Crippen LogP contribution is 1.99. The van der Waals surface area contributed by atoms with Gasteiger partial charge in [0, 0.05) is 19.7 Å². The Balaban J connectivity index is 3.99. The van der Waals surface area contributed by atoms with E-state index in [1.807, 2.05) is 0 Å². The second kappa shape index (κ2) is 13.2. The van der Waals surface area contributed by atoms with E-state index < -0.39 is 0 Å². The first kappa shape index (κ1) is 19.2. The summed E-state index contributed by atoms with van der Waals surface area (Å²) < 4.78 is 5.02. The predicted molar refractivity (Wildman–Crippen MR) is 87.5 cm³/mol. The first-order valence-corrected chi connectivity index (χ1v) is 7.93. The largest absolute Gasteiger partial charge is 0.383 e. The molecule has 0 saturated carbocycles. The maximum atomic E-state index is 5.02. The number of methoxy groups -OCH3 is 1. The third kappa shape index (κ3) is 10.0. The summed E-state index contributed by atoms with van der Waals surface area (Å²) in [6, 6.07) is 0.436. The summed E-state index contributed by atoms with van der Waals surface area (Å²) in [5, 5.41) is 6.72. The van der Waals surface area contributed by atoms with Crippen LogP contribution in [0.4, 0.5) is 0 Å². The van der Waals surface area contributed by atoms with Crippen LogP contribution in [0.15, 0.2) is 4.99 Å². The highest BCUT2D eigenvalue weighted by molar-refractivity contribution is 5.80. The molecule has 0 bridgehead atoms. The third-order valence-electron chi connectivity index (χ3n) is 3.30. The van der Waals surface area contributed by atoms with Crippen LogP contribution in [0.1, 0.15) is 40.5 Å². The first-order valence-electron chi connectivity index (χ1n) is 7.93. The molecule has 0 amide bonds. The number of nitrogens with one attached hydrogen (secondary N) is 2. The van der Waals surface area contributed by atoms with Gasteiger partial charge in [-0.25, -0.2) is 0 Å². The molecule has 0 aliphatic carbocycles. The molecule has 0 heterocycles. The average molecular weight is 286 g/mol. The minimum absolute atomic E-state index is 0.436. The lowest BCUT2D eigenvalue weighted by molar-refractivity contribution is 0.208. The molecular weight excluding hydrogens is 252 g/mol. The molecule has 120 valence electrons. The number of rotatable bonds is 11. The predicted octanol–water partition coefficient (Wildman–Crippen LogP) is 1.70. The Morgan fingerprint density at radius 3 is 2.50 bits per heavy atom. The molecular formula is C15H34N4O. The molecule has 0 radical (unpaired) electrons. The van der Waals surface area contributed by atoms with Crippen molar-refractivity contribution in [1.82, 2.24) is 15.5 Å². The van der Waals surface area contributed by atoms with Crippen molar-refractivity contribution >= 4 is 5.96 Å². The number of hydrogen-bond donors (Lipinski definition) is 2. The fourth-order valence-electron chi connectivity index (χ4n) is 2.04. The van der Waals surface area contributed by atoms with Crippen LogP contribution >= 0.6 is 0 Å². The van der Waals surface area contributed by atoms with Gasteiger partial charge in [0.2, 0.25) is 0 Å². The number of guanidine groups is 1. The Bertz CT molecular complexity index is 242. The Morgan fingerprint density at radius 1 is 1.25 bits per heavy atom. The SMILES string of the molecule is CCNC(=NCCOC)NC(C)CCCN(CC)CC. The summed E-state index contributed by atoms with van der Waals surface area (Å²) in [5.41, 5.74) is 0. The van der Waals surface area contributed by atoms with E-state index in [1.54, 1.807) is 7.11 Å². The number of ether oxygens (including phenoxy) is 1. The molecule has 0 aromatic heterocycles. The highest BCUT2D eigenvalue weighted by atomic mass is 16.5. The molecule has 0 aliphatic rings. The first-order chi connectivity index (χ1) is 9.67. The van der Waals surface area contributed by atoms with E-state index in [-0.39, 0.29) is 0 Å². The topological polar surface area (TPSA) is 48.9 Å². The highest BCUT2D eigenvalue weighted by Gasteiger charge is 2.06. The minimum Gasteiger partial charge on any atom is -0.383 e. The van der Waals surface area contributed by atoms with Crippen molar-refractivity contribution in [3.05, 3.63) is 0 Å². The molecule has 0 spiro atoms.